The van der Waals surface area contributed by atoms with Gasteiger partial charge in [-0.1, -0.05) is 12.1 Å². The van der Waals surface area contributed by atoms with Crippen molar-refractivity contribution in [3.8, 4) is 5.75 Å². The first-order valence-corrected chi connectivity index (χ1v) is 7.67. The van der Waals surface area contributed by atoms with E-state index in [1.54, 1.807) is 0 Å². The Morgan fingerprint density at radius 2 is 2.05 bits per heavy atom. The van der Waals surface area contributed by atoms with E-state index in [9.17, 15) is 0 Å². The van der Waals surface area contributed by atoms with Crippen molar-refractivity contribution >= 4 is 0 Å². The van der Waals surface area contributed by atoms with E-state index in [1.165, 1.54) is 43.2 Å². The Kier molecular flexibility index (Phi) is 3.53. The molecule has 0 amide bonds. The summed E-state index contributed by atoms with van der Waals surface area (Å²) in [5.41, 5.74) is 2.73. The summed E-state index contributed by atoms with van der Waals surface area (Å²) in [6.45, 7) is 5.43. The monoisotopic (exact) mass is 259 g/mol. The fraction of sp³-hybridized carbons (Fsp3) is 0.647. The van der Waals surface area contributed by atoms with Crippen molar-refractivity contribution in [3.05, 3.63) is 29.3 Å². The van der Waals surface area contributed by atoms with Gasteiger partial charge in [0, 0.05) is 6.04 Å². The number of hydrogen-bond acceptors (Lipinski definition) is 2. The number of rotatable bonds is 6. The third-order valence-corrected chi connectivity index (χ3v) is 4.74. The second-order valence-corrected chi connectivity index (χ2v) is 6.32. The summed E-state index contributed by atoms with van der Waals surface area (Å²) in [7, 11) is 0. The molecule has 2 fully saturated rings. The van der Waals surface area contributed by atoms with E-state index >= 15 is 0 Å². The molecule has 2 aliphatic rings. The summed E-state index contributed by atoms with van der Waals surface area (Å²) in [4.78, 5) is 0. The molecule has 2 saturated carbocycles. The van der Waals surface area contributed by atoms with E-state index in [1.807, 2.05) is 0 Å². The second-order valence-electron chi connectivity index (χ2n) is 6.32. The molecule has 1 aromatic rings. The van der Waals surface area contributed by atoms with Crippen LogP contribution in [0.15, 0.2) is 18.2 Å². The number of ether oxygens (including phenoxy) is 1. The van der Waals surface area contributed by atoms with Crippen LogP contribution < -0.4 is 10.1 Å². The predicted molar refractivity (Wildman–Crippen MR) is 78.8 cm³/mol. The first-order valence-electron chi connectivity index (χ1n) is 7.67. The van der Waals surface area contributed by atoms with Gasteiger partial charge >= 0.3 is 0 Å². The zero-order valence-electron chi connectivity index (χ0n) is 12.2. The maximum atomic E-state index is 6.41. The Hall–Kier alpha value is -1.02. The molecule has 2 heteroatoms. The summed E-state index contributed by atoms with van der Waals surface area (Å²) in [5, 5.41) is 3.61. The van der Waals surface area contributed by atoms with Gasteiger partial charge in [-0.25, -0.2) is 0 Å². The number of benzene rings is 1. The molecule has 19 heavy (non-hydrogen) atoms. The van der Waals surface area contributed by atoms with E-state index < -0.39 is 0 Å². The molecule has 0 atom stereocenters. The highest BCUT2D eigenvalue weighted by atomic mass is 16.5. The molecule has 0 aliphatic heterocycles. The van der Waals surface area contributed by atoms with Crippen LogP contribution in [-0.2, 0) is 0 Å². The van der Waals surface area contributed by atoms with Crippen LogP contribution in [0.4, 0.5) is 0 Å². The van der Waals surface area contributed by atoms with Gasteiger partial charge < -0.3 is 10.1 Å². The largest absolute Gasteiger partial charge is 0.487 e. The topological polar surface area (TPSA) is 21.3 Å². The predicted octanol–water partition coefficient (Wildman–Crippen LogP) is 3.75. The van der Waals surface area contributed by atoms with E-state index in [0.717, 1.165) is 24.8 Å². The Morgan fingerprint density at radius 3 is 2.68 bits per heavy atom. The second kappa shape index (κ2) is 5.16. The van der Waals surface area contributed by atoms with Crippen LogP contribution in [0.3, 0.4) is 0 Å². The summed E-state index contributed by atoms with van der Waals surface area (Å²) < 4.78 is 6.41. The van der Waals surface area contributed by atoms with Crippen LogP contribution in [0.25, 0.3) is 0 Å². The molecular formula is C17H25NO. The molecule has 0 unspecified atom stereocenters. The Bertz CT molecular complexity index is 447. The molecule has 2 aliphatic carbocycles. The lowest BCUT2D eigenvalue weighted by Crippen LogP contribution is -2.45. The average Bonchev–Trinajstić information content (AvgIpc) is 3.15. The summed E-state index contributed by atoms with van der Waals surface area (Å²) in [6.07, 6.45) is 7.63. The maximum absolute atomic E-state index is 6.41. The summed E-state index contributed by atoms with van der Waals surface area (Å²) in [5.74, 6) is 1.09. The van der Waals surface area contributed by atoms with Gasteiger partial charge in [0.25, 0.3) is 0 Å². The van der Waals surface area contributed by atoms with Crippen LogP contribution in [0.2, 0.25) is 0 Å². The lowest BCUT2D eigenvalue weighted by molar-refractivity contribution is -0.0148. The Balaban J connectivity index is 1.62. The van der Waals surface area contributed by atoms with E-state index in [2.05, 4.69) is 37.4 Å². The van der Waals surface area contributed by atoms with Gasteiger partial charge in [-0.2, -0.15) is 0 Å². The number of nitrogens with one attached hydrogen (secondary N) is 1. The zero-order valence-corrected chi connectivity index (χ0v) is 12.2. The fourth-order valence-electron chi connectivity index (χ4n) is 2.83. The van der Waals surface area contributed by atoms with Crippen LogP contribution in [0, 0.1) is 13.8 Å². The smallest absolute Gasteiger partial charge is 0.123 e. The molecule has 0 heterocycles. The average molecular weight is 259 g/mol. The molecule has 0 aromatic heterocycles. The molecule has 2 nitrogen and oxygen atoms in total. The van der Waals surface area contributed by atoms with Gasteiger partial charge in [0.05, 0.1) is 0 Å². The lowest BCUT2D eigenvalue weighted by Gasteiger charge is -2.42. The van der Waals surface area contributed by atoms with E-state index in [4.69, 9.17) is 4.74 Å². The molecule has 104 valence electrons. The van der Waals surface area contributed by atoms with Gasteiger partial charge in [-0.05, 0) is 76.1 Å². The highest BCUT2D eigenvalue weighted by molar-refractivity contribution is 5.38. The van der Waals surface area contributed by atoms with Crippen LogP contribution in [0.1, 0.15) is 49.7 Å². The zero-order chi connectivity index (χ0) is 13.3. The molecular weight excluding hydrogens is 234 g/mol. The van der Waals surface area contributed by atoms with Crippen molar-refractivity contribution in [2.24, 2.45) is 0 Å². The standard InChI is InChI=1S/C17H25NO/c1-13-5-3-6-16(14(13)2)19-17(9-4-10-17)11-12-18-15-7-8-15/h3,5-6,15,18H,4,7-12H2,1-2H3. The lowest BCUT2D eigenvalue weighted by atomic mass is 9.77. The van der Waals surface area contributed by atoms with Crippen molar-refractivity contribution < 1.29 is 4.74 Å². The van der Waals surface area contributed by atoms with Gasteiger partial charge in [0.15, 0.2) is 0 Å². The van der Waals surface area contributed by atoms with Crippen LogP contribution in [-0.4, -0.2) is 18.2 Å². The van der Waals surface area contributed by atoms with Crippen LogP contribution >= 0.6 is 0 Å². The first-order chi connectivity index (χ1) is 9.19. The number of aryl methyl sites for hydroxylation is 1. The maximum Gasteiger partial charge on any atom is 0.123 e. The van der Waals surface area contributed by atoms with Crippen LogP contribution in [0.5, 0.6) is 5.75 Å². The third-order valence-electron chi connectivity index (χ3n) is 4.74. The van der Waals surface area contributed by atoms with Gasteiger partial charge in [-0.15, -0.1) is 0 Å². The van der Waals surface area contributed by atoms with Crippen molar-refractivity contribution in [3.63, 3.8) is 0 Å². The molecule has 3 rings (SSSR count). The van der Waals surface area contributed by atoms with Crippen molar-refractivity contribution in [2.75, 3.05) is 6.54 Å². The molecule has 1 N–H and O–H groups in total. The molecule has 0 saturated heterocycles. The molecule has 0 bridgehead atoms. The minimum atomic E-state index is 0.112. The molecule has 1 aromatic carbocycles. The molecule has 0 spiro atoms. The Labute approximate surface area is 116 Å². The highest BCUT2D eigenvalue weighted by Gasteiger charge is 2.39. The van der Waals surface area contributed by atoms with Crippen molar-refractivity contribution in [2.45, 2.75) is 64.0 Å². The van der Waals surface area contributed by atoms with Gasteiger partial charge in [0.1, 0.15) is 11.4 Å². The fourth-order valence-corrected chi connectivity index (χ4v) is 2.83. The quantitative estimate of drug-likeness (QED) is 0.840. The number of hydrogen-bond donors (Lipinski definition) is 1. The minimum absolute atomic E-state index is 0.112. The SMILES string of the molecule is Cc1cccc(OC2(CCNC3CC3)CCC2)c1C. The van der Waals surface area contributed by atoms with E-state index in [-0.39, 0.29) is 5.60 Å². The first kappa shape index (κ1) is 13.0. The van der Waals surface area contributed by atoms with Gasteiger partial charge in [-0.3, -0.25) is 0 Å². The van der Waals surface area contributed by atoms with Crippen molar-refractivity contribution in [1.82, 2.24) is 5.32 Å². The third kappa shape index (κ3) is 2.94. The normalized spacial score (nSPS) is 20.9. The van der Waals surface area contributed by atoms with Crippen molar-refractivity contribution in [1.29, 1.82) is 0 Å². The summed E-state index contributed by atoms with van der Waals surface area (Å²) >= 11 is 0. The highest BCUT2D eigenvalue weighted by Crippen LogP contribution is 2.40. The van der Waals surface area contributed by atoms with Gasteiger partial charge in [0.2, 0.25) is 0 Å². The summed E-state index contributed by atoms with van der Waals surface area (Å²) in [6, 6.07) is 7.19. The van der Waals surface area contributed by atoms with E-state index in [0.29, 0.717) is 0 Å². The Morgan fingerprint density at radius 1 is 1.26 bits per heavy atom. The minimum Gasteiger partial charge on any atom is -0.487 e. The molecule has 0 radical (unpaired) electrons.